The predicted molar refractivity (Wildman–Crippen MR) is 400 cm³/mol. The molecule has 0 saturated carbocycles. The summed E-state index contributed by atoms with van der Waals surface area (Å²) < 4.78 is 128. The molecule has 0 aliphatic carbocycles. The number of hydrogen-bond acceptors (Lipinski definition) is 53. The molecule has 0 aromatic rings. The van der Waals surface area contributed by atoms with Crippen LogP contribution in [0.15, 0.2) is 0 Å². The fourth-order valence-corrected chi connectivity index (χ4v) is 16.9. The quantitative estimate of drug-likeness (QED) is 0.0297. The minimum absolute atomic E-state index is 0.887. The number of nitrogens with one attached hydrogen (secondary N) is 4. The first-order valence-electron chi connectivity index (χ1n) is 41.8. The first kappa shape index (κ1) is 106. The molecule has 11 saturated heterocycles. The van der Waals surface area contributed by atoms with Crippen LogP contribution < -0.4 is 21.3 Å². The van der Waals surface area contributed by atoms with Crippen LogP contribution in [-0.4, -0.2) is 557 Å². The second kappa shape index (κ2) is 46.1. The molecule has 11 rings (SSSR count). The van der Waals surface area contributed by atoms with E-state index in [1.165, 1.54) is 13.8 Å². The van der Waals surface area contributed by atoms with Gasteiger partial charge < -0.3 is 264 Å². The van der Waals surface area contributed by atoms with Gasteiger partial charge in [-0.2, -0.15) is 0 Å². The highest BCUT2D eigenvalue weighted by molar-refractivity contribution is 5.74. The van der Waals surface area contributed by atoms with Crippen molar-refractivity contribution in [1.29, 1.82) is 0 Å². The standard InChI is InChI=1S/C73H122N4O53/c1-16-35(89)46(100)52(106)67(113-16)111-15-30-56(123-70-54(108)48(102)39(93)24(8-79)117-70)45(99)33(76-20(5)86)66(122-30)128-60-49(103)40(94)25(9-80)118-71(60)112-14-29-42(96)59(127-72-61(50(104)41(95)26(10-81)119-72)129-64-31(74-18(3)84)43(97)38(92)23(7-78)116-64)62(130-68-51(105)37(91)22(88)13-110-68)73(121-29)124-55-27(11-82)120-65(32(44(55)98)75-19(4)85)125-57-28(12-83)115-63(109)34(77-21(6)87)58(57)126-69-53(107)47(101)36(90)17(2)114-69/h16-17,22-73,78-83,88-109H,7-15H2,1-6H3,(H,74,84)(H,75,85)(H,76,86)(H,77,87)/t16-,17-,22+,23+,24+,25+,26+,27+,28+,29+,30+,31+,32+,33+,34+,35+,36+,37-,38+,39-,40+,41+,42+,43+,44+,45+,46+,47+,48-,49-,50-,51+,52-,53-,54+,55+,56+,57+,58+,59-,60-,61-,62-,63+,64-,65-,66-,67+,68-,69-,70-,71-,72+,73-/m0/s1. The molecule has 0 bridgehead atoms. The van der Waals surface area contributed by atoms with E-state index in [4.69, 9.17) is 99.5 Å². The third kappa shape index (κ3) is 23.4. The Morgan fingerprint density at radius 2 is 0.562 bits per heavy atom. The Bertz CT molecular complexity index is 3560. The summed E-state index contributed by atoms with van der Waals surface area (Å²) in [5, 5.41) is 325. The van der Waals surface area contributed by atoms with E-state index in [9.17, 15) is 162 Å². The zero-order valence-corrected chi connectivity index (χ0v) is 70.3. The van der Waals surface area contributed by atoms with Gasteiger partial charge >= 0.3 is 0 Å². The molecule has 11 aliphatic heterocycles. The van der Waals surface area contributed by atoms with Crippen LogP contribution in [0.25, 0.3) is 0 Å². The molecule has 0 spiro atoms. The van der Waals surface area contributed by atoms with Crippen LogP contribution in [0.3, 0.4) is 0 Å². The SMILES string of the molecule is CC(=O)N[C@@H]1[C@@H](O[C@@H]2O[C@@H](C)[C@@H](O)[C@@H](O)[C@@H]2O)[C@H](O[C@@H]2O[C@H](CO)[C@@H](O[C@@H]3O[C@H](CO[C@H]4O[C@H](CO)[C@@H](O)[C@H](O)[C@@H]4O[C@@H]4O[C@H](CO[C@@H]5O[C@@H](C)[C@@H](O)[C@@H](O)[C@@H]5O)[C@@H](O[C@@H]5O[C@H](CO)[C@H](O)[C@H](O)[C@H]5O)[C@H](O)[C@H]4NC(C)=O)[C@@H](O)[C@H](O[C@H]4O[C@H](CO)[C@@H](O)[C@H](O)[C@@H]4O[C@@H]4O[C@H](CO)[C@@H](O)[C@H](O)[C@H]4NC(C)=O)[C@@H]3O[C@@H]3OC[C@@H](O)[C@H](O)[C@H]3O)[C@H](O)[C@H]2NC(C)=O)[C@@H](CO)O[C@H]1O. The smallest absolute Gasteiger partial charge is 0.217 e. The van der Waals surface area contributed by atoms with Crippen LogP contribution in [-0.2, 0) is 119 Å². The minimum atomic E-state index is -2.63. The Balaban J connectivity index is 0.996. The minimum Gasteiger partial charge on any atom is -0.394 e. The van der Waals surface area contributed by atoms with E-state index >= 15 is 0 Å². The average molecular weight is 1900 g/mol. The molecule has 0 aromatic heterocycles. The summed E-state index contributed by atoms with van der Waals surface area (Å²) in [6, 6.07) is -7.88. The van der Waals surface area contributed by atoms with Crippen LogP contribution >= 0.6 is 0 Å². The molecule has 11 heterocycles. The molecule has 0 unspecified atom stereocenters. The van der Waals surface area contributed by atoms with Crippen molar-refractivity contribution in [2.24, 2.45) is 0 Å². The summed E-state index contributed by atoms with van der Waals surface area (Å²) in [7, 11) is 0. The van der Waals surface area contributed by atoms with Gasteiger partial charge in [0.25, 0.3) is 0 Å². The molecule has 54 atom stereocenters. The predicted octanol–water partition coefficient (Wildman–Crippen LogP) is -21.7. The van der Waals surface area contributed by atoms with Crippen molar-refractivity contribution in [3.63, 3.8) is 0 Å². The zero-order chi connectivity index (χ0) is 95.5. The number of aliphatic hydroxyl groups excluding tert-OH is 28. The number of ether oxygens (including phenoxy) is 21. The lowest BCUT2D eigenvalue weighted by Crippen LogP contribution is -2.71. The van der Waals surface area contributed by atoms with Crippen molar-refractivity contribution in [2.75, 3.05) is 59.5 Å². The number of amides is 4. The summed E-state index contributed by atoms with van der Waals surface area (Å²) in [4.78, 5) is 52.5. The van der Waals surface area contributed by atoms with Gasteiger partial charge in [-0.3, -0.25) is 19.2 Å². The summed E-state index contributed by atoms with van der Waals surface area (Å²) in [5.74, 6) is -3.87. The largest absolute Gasteiger partial charge is 0.394 e. The summed E-state index contributed by atoms with van der Waals surface area (Å²) >= 11 is 0. The second-order valence-corrected chi connectivity index (χ2v) is 33.3. The molecule has 11 fully saturated rings. The molecular formula is C73H122N4O53. The maximum absolute atomic E-state index is 13.6. The molecule has 57 nitrogen and oxygen atoms in total. The van der Waals surface area contributed by atoms with Crippen molar-refractivity contribution >= 4 is 23.6 Å². The van der Waals surface area contributed by atoms with E-state index in [2.05, 4.69) is 21.3 Å². The molecule has 0 aromatic carbocycles. The van der Waals surface area contributed by atoms with Gasteiger partial charge in [-0.25, -0.2) is 0 Å². The Kier molecular flexibility index (Phi) is 37.7. The Hall–Kier alpha value is -4.08. The molecule has 11 aliphatic rings. The van der Waals surface area contributed by atoms with Crippen molar-refractivity contribution < 1.29 is 262 Å². The summed E-state index contributed by atoms with van der Waals surface area (Å²) in [6.07, 6.45) is -106. The number of carbonyl (C=O) groups excluding carboxylic acids is 4. The Morgan fingerprint density at radius 3 is 1.07 bits per heavy atom. The van der Waals surface area contributed by atoms with Crippen LogP contribution in [0.1, 0.15) is 41.5 Å². The number of hydrogen-bond donors (Lipinski definition) is 32. The Labute approximate surface area is 736 Å². The van der Waals surface area contributed by atoms with E-state index in [-0.39, 0.29) is 0 Å². The summed E-state index contributed by atoms with van der Waals surface area (Å²) in [5.41, 5.74) is 0. The first-order chi connectivity index (χ1) is 61.4. The van der Waals surface area contributed by atoms with Crippen molar-refractivity contribution in [3.05, 3.63) is 0 Å². The normalized spacial score (nSPS) is 50.4. The summed E-state index contributed by atoms with van der Waals surface area (Å²) in [6.45, 7) is -4.01. The lowest BCUT2D eigenvalue weighted by molar-refractivity contribution is -0.412. The van der Waals surface area contributed by atoms with Gasteiger partial charge in [-0.1, -0.05) is 0 Å². The van der Waals surface area contributed by atoms with E-state index in [1.807, 2.05) is 0 Å². The second-order valence-electron chi connectivity index (χ2n) is 33.3. The molecular weight excluding hydrogens is 1780 g/mol. The van der Waals surface area contributed by atoms with Gasteiger partial charge in [0.05, 0.1) is 71.7 Å². The van der Waals surface area contributed by atoms with Gasteiger partial charge in [0.15, 0.2) is 69.2 Å². The molecule has 57 heteroatoms. The first-order valence-corrected chi connectivity index (χ1v) is 41.8. The maximum Gasteiger partial charge on any atom is 0.217 e. The van der Waals surface area contributed by atoms with Crippen LogP contribution in [0.4, 0.5) is 0 Å². The number of rotatable bonds is 32. The molecule has 32 N–H and O–H groups in total. The van der Waals surface area contributed by atoms with Gasteiger partial charge in [0.1, 0.15) is 250 Å². The van der Waals surface area contributed by atoms with Crippen LogP contribution in [0.5, 0.6) is 0 Å². The van der Waals surface area contributed by atoms with Crippen molar-refractivity contribution in [2.45, 2.75) is 373 Å². The fraction of sp³-hybridized carbons (Fsp3) is 0.945. The lowest BCUT2D eigenvalue weighted by Gasteiger charge is -2.52. The molecule has 130 heavy (non-hydrogen) atoms. The highest BCUT2D eigenvalue weighted by Crippen LogP contribution is 2.42. The van der Waals surface area contributed by atoms with Gasteiger partial charge in [-0.05, 0) is 13.8 Å². The Morgan fingerprint density at radius 1 is 0.246 bits per heavy atom. The van der Waals surface area contributed by atoms with E-state index < -0.39 is 415 Å². The zero-order valence-electron chi connectivity index (χ0n) is 70.3. The monoisotopic (exact) mass is 1900 g/mol. The highest BCUT2D eigenvalue weighted by atomic mass is 16.8. The van der Waals surface area contributed by atoms with Gasteiger partial charge in [0.2, 0.25) is 23.6 Å². The third-order valence-electron chi connectivity index (χ3n) is 24.1. The van der Waals surface area contributed by atoms with E-state index in [1.54, 1.807) is 0 Å². The van der Waals surface area contributed by atoms with Crippen LogP contribution in [0, 0.1) is 0 Å². The molecule has 4 amide bonds. The lowest BCUT2D eigenvalue weighted by atomic mass is 9.93. The molecule has 752 valence electrons. The topological polar surface area (TPSA) is 877 Å². The van der Waals surface area contributed by atoms with Crippen molar-refractivity contribution in [3.8, 4) is 0 Å². The molecule has 0 radical (unpaired) electrons. The number of aliphatic hydroxyl groups is 28. The van der Waals surface area contributed by atoms with Gasteiger partial charge in [0, 0.05) is 27.7 Å². The third-order valence-corrected chi connectivity index (χ3v) is 24.1. The number of carbonyl (C=O) groups is 4. The maximum atomic E-state index is 13.6. The van der Waals surface area contributed by atoms with Gasteiger partial charge in [-0.15, -0.1) is 0 Å². The fourth-order valence-electron chi connectivity index (χ4n) is 16.9. The van der Waals surface area contributed by atoms with Crippen molar-refractivity contribution in [1.82, 2.24) is 21.3 Å². The van der Waals surface area contributed by atoms with Crippen LogP contribution in [0.2, 0.25) is 0 Å². The van der Waals surface area contributed by atoms with E-state index in [0.717, 1.165) is 27.7 Å². The van der Waals surface area contributed by atoms with E-state index in [0.29, 0.717) is 0 Å². The highest BCUT2D eigenvalue weighted by Gasteiger charge is 2.63. The average Bonchev–Trinajstić information content (AvgIpc) is 0.759.